The molecule has 0 unspecified atom stereocenters. The molecule has 0 aliphatic rings. The van der Waals surface area contributed by atoms with E-state index in [4.69, 9.17) is 4.74 Å². The lowest BCUT2D eigenvalue weighted by Crippen LogP contribution is -2.29. The van der Waals surface area contributed by atoms with Gasteiger partial charge in [0, 0.05) is 12.6 Å². The van der Waals surface area contributed by atoms with E-state index in [1.54, 1.807) is 29.0 Å². The molecule has 1 heterocycles. The SMILES string of the molecule is COc1ccc(C(=O)N(C)[C@H](C)c2ccc(-n3cncn3)cc2)cc1F. The molecule has 134 valence electrons. The van der Waals surface area contributed by atoms with Crippen molar-refractivity contribution in [2.45, 2.75) is 13.0 Å². The molecule has 0 spiro atoms. The van der Waals surface area contributed by atoms with Gasteiger partial charge in [-0.3, -0.25) is 4.79 Å². The standard InChI is InChI=1S/C19H19FN4O2/c1-13(14-4-7-16(8-5-14)24-12-21-11-22-24)23(2)19(25)15-6-9-18(26-3)17(20)10-15/h4-13H,1-3H3/t13-/m1/s1. The average molecular weight is 354 g/mol. The van der Waals surface area contributed by atoms with Gasteiger partial charge in [0.15, 0.2) is 11.6 Å². The maximum atomic E-state index is 13.9. The number of carbonyl (C=O) groups is 1. The summed E-state index contributed by atoms with van der Waals surface area (Å²) in [5, 5.41) is 4.08. The summed E-state index contributed by atoms with van der Waals surface area (Å²) in [7, 11) is 3.08. The molecule has 1 amide bonds. The Morgan fingerprint density at radius 2 is 1.96 bits per heavy atom. The smallest absolute Gasteiger partial charge is 0.254 e. The molecule has 0 radical (unpaired) electrons. The van der Waals surface area contributed by atoms with Crippen LogP contribution in [0.4, 0.5) is 4.39 Å². The summed E-state index contributed by atoms with van der Waals surface area (Å²) in [5.41, 5.74) is 2.11. The summed E-state index contributed by atoms with van der Waals surface area (Å²) in [4.78, 5) is 18.2. The number of rotatable bonds is 5. The second kappa shape index (κ2) is 7.35. The molecule has 2 aromatic carbocycles. The quantitative estimate of drug-likeness (QED) is 0.706. The molecule has 1 aromatic heterocycles. The van der Waals surface area contributed by atoms with Crippen molar-refractivity contribution in [1.82, 2.24) is 19.7 Å². The van der Waals surface area contributed by atoms with Gasteiger partial charge in [-0.25, -0.2) is 14.1 Å². The minimum atomic E-state index is -0.559. The molecule has 0 N–H and O–H groups in total. The van der Waals surface area contributed by atoms with E-state index in [0.717, 1.165) is 11.3 Å². The van der Waals surface area contributed by atoms with Gasteiger partial charge in [0.05, 0.1) is 18.8 Å². The van der Waals surface area contributed by atoms with Crippen molar-refractivity contribution >= 4 is 5.91 Å². The zero-order chi connectivity index (χ0) is 18.7. The molecule has 0 aliphatic carbocycles. The fourth-order valence-corrected chi connectivity index (χ4v) is 2.65. The third-order valence-electron chi connectivity index (χ3n) is 4.36. The van der Waals surface area contributed by atoms with Crippen molar-refractivity contribution < 1.29 is 13.9 Å². The van der Waals surface area contributed by atoms with Crippen LogP contribution < -0.4 is 4.74 Å². The van der Waals surface area contributed by atoms with Gasteiger partial charge in [0.1, 0.15) is 12.7 Å². The third-order valence-corrected chi connectivity index (χ3v) is 4.36. The van der Waals surface area contributed by atoms with E-state index >= 15 is 0 Å². The Hall–Kier alpha value is -3.22. The van der Waals surface area contributed by atoms with E-state index in [1.165, 1.54) is 25.6 Å². The Morgan fingerprint density at radius 3 is 2.54 bits per heavy atom. The van der Waals surface area contributed by atoms with E-state index in [0.29, 0.717) is 0 Å². The van der Waals surface area contributed by atoms with Crippen LogP contribution in [-0.2, 0) is 0 Å². The molecule has 0 fully saturated rings. The van der Waals surface area contributed by atoms with Crippen molar-refractivity contribution in [3.63, 3.8) is 0 Å². The Balaban J connectivity index is 1.77. The average Bonchev–Trinajstić information content (AvgIpc) is 3.21. The van der Waals surface area contributed by atoms with Crippen LogP contribution in [0.25, 0.3) is 5.69 Å². The summed E-state index contributed by atoms with van der Waals surface area (Å²) in [6, 6.07) is 11.7. The summed E-state index contributed by atoms with van der Waals surface area (Å²) in [5.74, 6) is -0.711. The van der Waals surface area contributed by atoms with Crippen LogP contribution in [0.5, 0.6) is 5.75 Å². The van der Waals surface area contributed by atoms with Gasteiger partial charge in [-0.05, 0) is 42.8 Å². The first-order valence-electron chi connectivity index (χ1n) is 8.07. The van der Waals surface area contributed by atoms with E-state index in [9.17, 15) is 9.18 Å². The number of halogens is 1. The van der Waals surface area contributed by atoms with E-state index in [2.05, 4.69) is 10.1 Å². The van der Waals surface area contributed by atoms with Crippen molar-refractivity contribution in [1.29, 1.82) is 0 Å². The molecule has 26 heavy (non-hydrogen) atoms. The lowest BCUT2D eigenvalue weighted by atomic mass is 10.1. The molecular formula is C19H19FN4O2. The maximum Gasteiger partial charge on any atom is 0.254 e. The summed E-state index contributed by atoms with van der Waals surface area (Å²) in [6.45, 7) is 1.92. The normalized spacial score (nSPS) is 11.8. The highest BCUT2D eigenvalue weighted by molar-refractivity contribution is 5.94. The number of aromatic nitrogens is 3. The molecule has 7 heteroatoms. The first-order chi connectivity index (χ1) is 12.5. The summed E-state index contributed by atoms with van der Waals surface area (Å²) >= 11 is 0. The Labute approximate surface area is 150 Å². The van der Waals surface area contributed by atoms with E-state index in [-0.39, 0.29) is 23.3 Å². The Bertz CT molecular complexity index is 894. The molecule has 6 nitrogen and oxygen atoms in total. The van der Waals surface area contributed by atoms with Gasteiger partial charge < -0.3 is 9.64 Å². The van der Waals surface area contributed by atoms with E-state index < -0.39 is 5.82 Å². The van der Waals surface area contributed by atoms with Gasteiger partial charge in [0.25, 0.3) is 5.91 Å². The molecular weight excluding hydrogens is 335 g/mol. The van der Waals surface area contributed by atoms with Gasteiger partial charge in [-0.2, -0.15) is 5.10 Å². The van der Waals surface area contributed by atoms with Gasteiger partial charge >= 0.3 is 0 Å². The lowest BCUT2D eigenvalue weighted by Gasteiger charge is -2.25. The first-order valence-corrected chi connectivity index (χ1v) is 8.07. The molecule has 0 saturated carbocycles. The van der Waals surface area contributed by atoms with Crippen molar-refractivity contribution in [2.24, 2.45) is 0 Å². The molecule has 3 rings (SSSR count). The highest BCUT2D eigenvalue weighted by atomic mass is 19.1. The van der Waals surface area contributed by atoms with Crippen LogP contribution in [0.1, 0.15) is 28.9 Å². The largest absolute Gasteiger partial charge is 0.494 e. The molecule has 0 bridgehead atoms. The minimum absolute atomic E-state index is 0.112. The second-order valence-corrected chi connectivity index (χ2v) is 5.87. The monoisotopic (exact) mass is 354 g/mol. The van der Waals surface area contributed by atoms with Gasteiger partial charge in [-0.1, -0.05) is 12.1 Å². The van der Waals surface area contributed by atoms with Gasteiger partial charge in [-0.15, -0.1) is 0 Å². The van der Waals surface area contributed by atoms with Crippen LogP contribution in [-0.4, -0.2) is 39.7 Å². The number of benzene rings is 2. The molecule has 3 aromatic rings. The first kappa shape index (κ1) is 17.6. The fourth-order valence-electron chi connectivity index (χ4n) is 2.65. The topological polar surface area (TPSA) is 60.2 Å². The van der Waals surface area contributed by atoms with Crippen molar-refractivity contribution in [3.05, 3.63) is 72.1 Å². The predicted octanol–water partition coefficient (Wildman–Crippen LogP) is 3.25. The van der Waals surface area contributed by atoms with Crippen LogP contribution in [0.3, 0.4) is 0 Å². The number of hydrogen-bond donors (Lipinski definition) is 0. The molecule has 0 aliphatic heterocycles. The molecule has 1 atom stereocenters. The minimum Gasteiger partial charge on any atom is -0.494 e. The number of carbonyl (C=O) groups excluding carboxylic acids is 1. The van der Waals surface area contributed by atoms with E-state index in [1.807, 2.05) is 31.2 Å². The van der Waals surface area contributed by atoms with Crippen molar-refractivity contribution in [3.8, 4) is 11.4 Å². The van der Waals surface area contributed by atoms with Crippen LogP contribution in [0.15, 0.2) is 55.1 Å². The predicted molar refractivity (Wildman–Crippen MR) is 94.8 cm³/mol. The van der Waals surface area contributed by atoms with Crippen LogP contribution >= 0.6 is 0 Å². The fraction of sp³-hybridized carbons (Fsp3) is 0.211. The summed E-state index contributed by atoms with van der Waals surface area (Å²) in [6.07, 6.45) is 3.09. The number of nitrogens with zero attached hydrogens (tertiary/aromatic N) is 4. The number of ether oxygens (including phenoxy) is 1. The summed E-state index contributed by atoms with van der Waals surface area (Å²) < 4.78 is 20.4. The lowest BCUT2D eigenvalue weighted by molar-refractivity contribution is 0.0742. The zero-order valence-electron chi connectivity index (χ0n) is 14.8. The highest BCUT2D eigenvalue weighted by Gasteiger charge is 2.20. The zero-order valence-corrected chi connectivity index (χ0v) is 14.8. The second-order valence-electron chi connectivity index (χ2n) is 5.87. The maximum absolute atomic E-state index is 13.9. The number of amides is 1. The highest BCUT2D eigenvalue weighted by Crippen LogP contribution is 2.24. The number of methoxy groups -OCH3 is 1. The van der Waals surface area contributed by atoms with Crippen molar-refractivity contribution in [2.75, 3.05) is 14.2 Å². The van der Waals surface area contributed by atoms with Gasteiger partial charge in [0.2, 0.25) is 0 Å². The van der Waals surface area contributed by atoms with Crippen LogP contribution in [0, 0.1) is 5.82 Å². The van der Waals surface area contributed by atoms with Crippen LogP contribution in [0.2, 0.25) is 0 Å². The Kier molecular flexibility index (Phi) is 4.97. The number of hydrogen-bond acceptors (Lipinski definition) is 4. The third kappa shape index (κ3) is 3.42. The Morgan fingerprint density at radius 1 is 1.23 bits per heavy atom. The molecule has 0 saturated heterocycles.